The van der Waals surface area contributed by atoms with Gasteiger partial charge in [-0.05, 0) is 0 Å². The van der Waals surface area contributed by atoms with Crippen molar-refractivity contribution in [3.8, 4) is 0 Å². The molecule has 0 saturated heterocycles. The van der Waals surface area contributed by atoms with E-state index in [1.165, 1.54) is 0 Å². The van der Waals surface area contributed by atoms with Crippen LogP contribution in [-0.4, -0.2) is 40.4 Å². The third-order valence-electron chi connectivity index (χ3n) is 0. The summed E-state index contributed by atoms with van der Waals surface area (Å²) in [6.45, 7) is 0. The summed E-state index contributed by atoms with van der Waals surface area (Å²) < 4.78 is 0. The largest absolute Gasteiger partial charge is 0 e. The first-order valence-electron chi connectivity index (χ1n) is 0. The van der Waals surface area contributed by atoms with Crippen molar-refractivity contribution in [1.29, 1.82) is 0 Å². The van der Waals surface area contributed by atoms with Gasteiger partial charge in [0.05, 0.1) is 0 Å². The number of hydrogen-bond acceptors (Lipinski definition) is 0. The maximum atomic E-state index is 0. The second-order valence-electron chi connectivity index (χ2n) is 0. The Morgan fingerprint density at radius 2 is 1.00 bits per heavy atom. The average Bonchev–Trinajstić information content (AvgIpc) is 0. The molecule has 0 aromatic carbocycles. The summed E-state index contributed by atoms with van der Waals surface area (Å²) in [4.78, 5) is 0. The summed E-state index contributed by atoms with van der Waals surface area (Å²) in [6, 6.07) is 0. The average molecular weight is 246 g/mol. The third kappa shape index (κ3) is 8.96. The molecule has 0 aliphatic heterocycles. The molecule has 0 aliphatic carbocycles. The van der Waals surface area contributed by atoms with Crippen molar-refractivity contribution in [1.82, 2.24) is 0 Å². The second-order valence-corrected chi connectivity index (χ2v) is 0. The van der Waals surface area contributed by atoms with Gasteiger partial charge < -0.3 is 0 Å². The SMILES string of the molecule is [Al].[Ce].[Mg].[Mn]. The first kappa shape index (κ1) is 27.1. The van der Waals surface area contributed by atoms with E-state index in [9.17, 15) is 0 Å². The fraction of sp³-hybridized carbons (Fsp3) is 0. The van der Waals surface area contributed by atoms with Gasteiger partial charge in [-0.15, -0.1) is 0 Å². The maximum Gasteiger partial charge on any atom is 0 e. The van der Waals surface area contributed by atoms with Gasteiger partial charge in [0.1, 0.15) is 0 Å². The fourth-order valence-electron chi connectivity index (χ4n) is 0. The smallest absolute Gasteiger partial charge is 0 e. The van der Waals surface area contributed by atoms with Crippen LogP contribution < -0.4 is 0 Å². The first-order valence-corrected chi connectivity index (χ1v) is 0. The van der Waals surface area contributed by atoms with Crippen LogP contribution in [0.25, 0.3) is 0 Å². The molecule has 0 rings (SSSR count). The molecule has 4 heteroatoms. The summed E-state index contributed by atoms with van der Waals surface area (Å²) >= 11 is 0. The Hall–Kier alpha value is 3.19. The Bertz CT molecular complexity index is 8.00. The Balaban J connectivity index is 0. The predicted molar refractivity (Wildman–Crippen MR) is 11.5 cm³/mol. The Kier molecular flexibility index (Phi) is 111. The van der Waals surface area contributed by atoms with Gasteiger partial charge in [-0.2, -0.15) is 0 Å². The Morgan fingerprint density at radius 3 is 1.00 bits per heavy atom. The number of hydrogen-bond donors (Lipinski definition) is 0. The zero-order chi connectivity index (χ0) is 0. The number of rotatable bonds is 0. The van der Waals surface area contributed by atoms with Crippen LogP contribution in [0.15, 0.2) is 0 Å². The molecule has 0 amide bonds. The quantitative estimate of drug-likeness (QED) is 0.493. The van der Waals surface area contributed by atoms with Gasteiger partial charge in [0.2, 0.25) is 0 Å². The normalized spacial score (nSPS) is 0. The van der Waals surface area contributed by atoms with E-state index in [0.29, 0.717) is 0 Å². The summed E-state index contributed by atoms with van der Waals surface area (Å²) in [7, 11) is 0. The first-order chi connectivity index (χ1) is 0. The van der Waals surface area contributed by atoms with Gasteiger partial charge in [-0.3, -0.25) is 0 Å². The standard InChI is InChI=1S/Al.Ce.Mg.Mn. The molecule has 0 aromatic heterocycles. The van der Waals surface area contributed by atoms with E-state index in [1.807, 2.05) is 0 Å². The molecular weight excluding hydrogens is 246 g/mol. The van der Waals surface area contributed by atoms with Gasteiger partial charge in [-0.25, -0.2) is 0 Å². The molecule has 16 valence electrons. The molecule has 4 heavy (non-hydrogen) atoms. The summed E-state index contributed by atoms with van der Waals surface area (Å²) in [6.07, 6.45) is 0. The topological polar surface area (TPSA) is 0 Å². The molecule has 0 spiro atoms. The molecule has 0 aromatic rings. The van der Waals surface area contributed by atoms with E-state index in [-0.39, 0.29) is 99.2 Å². The maximum absolute atomic E-state index is 0. The van der Waals surface area contributed by atoms with E-state index in [1.54, 1.807) is 0 Å². The molecule has 0 fully saturated rings. The van der Waals surface area contributed by atoms with Gasteiger partial charge >= 0.3 is 0 Å². The van der Waals surface area contributed by atoms with Crippen LogP contribution in [0.3, 0.4) is 0 Å². The minimum absolute atomic E-state index is 0. The van der Waals surface area contributed by atoms with Crippen molar-refractivity contribution in [2.75, 3.05) is 0 Å². The minimum atomic E-state index is 0. The Morgan fingerprint density at radius 1 is 1.00 bits per heavy atom. The van der Waals surface area contributed by atoms with Crippen molar-refractivity contribution in [2.45, 2.75) is 0 Å². The van der Waals surface area contributed by atoms with Crippen LogP contribution in [0.2, 0.25) is 0 Å². The van der Waals surface area contributed by atoms with Crippen molar-refractivity contribution in [3.05, 3.63) is 0 Å². The van der Waals surface area contributed by atoms with E-state index in [4.69, 9.17) is 0 Å². The molecule has 0 bridgehead atoms. The molecule has 0 heterocycles. The van der Waals surface area contributed by atoms with E-state index < -0.39 is 0 Å². The molecule has 0 nitrogen and oxygen atoms in total. The van der Waals surface area contributed by atoms with Gasteiger partial charge in [-0.1, -0.05) is 0 Å². The van der Waals surface area contributed by atoms with E-state index in [2.05, 4.69) is 0 Å². The monoisotopic (exact) mass is 246 g/mol. The summed E-state index contributed by atoms with van der Waals surface area (Å²) in [5, 5.41) is 0. The third-order valence-corrected chi connectivity index (χ3v) is 0. The summed E-state index contributed by atoms with van der Waals surface area (Å²) in [5.74, 6) is 0. The predicted octanol–water partition coefficient (Wildman–Crippen LogP) is -0.764. The Labute approximate surface area is 97.0 Å². The van der Waals surface area contributed by atoms with Crippen LogP contribution in [-0.2, 0) is 17.1 Å². The van der Waals surface area contributed by atoms with Crippen LogP contribution in [0.4, 0.5) is 0 Å². The molecular formula is AlCeMgMn. The molecule has 0 saturated carbocycles. The van der Waals surface area contributed by atoms with Crippen molar-refractivity contribution < 1.29 is 58.8 Å². The second kappa shape index (κ2) is 16.4. The van der Waals surface area contributed by atoms with Crippen molar-refractivity contribution in [3.63, 3.8) is 0 Å². The van der Waals surface area contributed by atoms with Gasteiger partial charge in [0, 0.05) is 99.2 Å². The molecule has 0 atom stereocenters. The van der Waals surface area contributed by atoms with Crippen LogP contribution in [0.1, 0.15) is 0 Å². The van der Waals surface area contributed by atoms with E-state index in [0.717, 1.165) is 0 Å². The van der Waals surface area contributed by atoms with Crippen molar-refractivity contribution >= 4 is 40.4 Å². The van der Waals surface area contributed by atoms with Crippen LogP contribution in [0, 0.1) is 41.7 Å². The zero-order valence-electron chi connectivity index (χ0n) is 2.16. The van der Waals surface area contributed by atoms with Crippen LogP contribution in [0.5, 0.6) is 0 Å². The van der Waals surface area contributed by atoms with Crippen LogP contribution >= 0.6 is 0 Å². The van der Waals surface area contributed by atoms with Gasteiger partial charge in [0.25, 0.3) is 0 Å². The van der Waals surface area contributed by atoms with E-state index >= 15 is 0 Å². The fourth-order valence-corrected chi connectivity index (χ4v) is 0. The minimum Gasteiger partial charge on any atom is 0 e. The summed E-state index contributed by atoms with van der Waals surface area (Å²) in [5.41, 5.74) is 0. The zero-order valence-corrected chi connectivity index (χ0v) is 9.05. The molecule has 0 N–H and O–H groups in total. The van der Waals surface area contributed by atoms with Crippen molar-refractivity contribution in [2.24, 2.45) is 0 Å². The molecule has 6 radical (unpaired) electrons. The molecule has 0 unspecified atom stereocenters. The molecule has 0 aliphatic rings. The van der Waals surface area contributed by atoms with Gasteiger partial charge in [0.15, 0.2) is 0 Å².